The van der Waals surface area contributed by atoms with Crippen LogP contribution in [0.3, 0.4) is 0 Å². The highest BCUT2D eigenvalue weighted by Crippen LogP contribution is 2.58. The molecule has 2 aliphatic rings. The topological polar surface area (TPSA) is 80.5 Å². The second-order valence-corrected chi connectivity index (χ2v) is 9.44. The van der Waals surface area contributed by atoms with Crippen molar-refractivity contribution in [1.82, 2.24) is 4.90 Å². The summed E-state index contributed by atoms with van der Waals surface area (Å²) in [4.78, 5) is 15.2. The van der Waals surface area contributed by atoms with Gasteiger partial charge in [0.1, 0.15) is 0 Å². The molecule has 0 radical (unpaired) electrons. The normalized spacial score (nSPS) is 21.2. The lowest BCUT2D eigenvalue weighted by Gasteiger charge is -2.56. The number of carbonyl (C=O) groups excluding carboxylic acids is 1. The maximum absolute atomic E-state index is 13.2. The van der Waals surface area contributed by atoms with Crippen LogP contribution in [-0.4, -0.2) is 25.8 Å². The van der Waals surface area contributed by atoms with Crippen LogP contribution in [0.4, 0.5) is 0 Å². The third kappa shape index (κ3) is 3.51. The van der Waals surface area contributed by atoms with Gasteiger partial charge < -0.3 is 4.90 Å². The molecule has 2 aromatic rings. The van der Waals surface area contributed by atoms with Crippen molar-refractivity contribution in [3.8, 4) is 0 Å². The molecule has 5 nitrogen and oxygen atoms in total. The Kier molecular flexibility index (Phi) is 4.56. The van der Waals surface area contributed by atoms with E-state index >= 15 is 0 Å². The zero-order valence-electron chi connectivity index (χ0n) is 15.2. The highest BCUT2D eigenvalue weighted by Gasteiger charge is 2.55. The summed E-state index contributed by atoms with van der Waals surface area (Å²) in [6, 6.07) is 17.1. The number of hydrogen-bond acceptors (Lipinski definition) is 3. The standard InChI is InChI=1S/C21H24N2O3S/c22-27(25,26)14-16-7-6-10-18(13-16)20(24)23-15-21(11-4-5-12-21)19(23)17-8-2-1-3-9-17/h1-3,6-10,13,19H,4-5,11-12,14-15H2,(H2,22,25,26). The van der Waals surface area contributed by atoms with Crippen molar-refractivity contribution in [3.63, 3.8) is 0 Å². The van der Waals surface area contributed by atoms with Crippen LogP contribution in [0.2, 0.25) is 0 Å². The summed E-state index contributed by atoms with van der Waals surface area (Å²) in [5, 5.41) is 5.14. The molecule has 1 atom stereocenters. The van der Waals surface area contributed by atoms with Crippen molar-refractivity contribution < 1.29 is 13.2 Å². The van der Waals surface area contributed by atoms with Crippen LogP contribution < -0.4 is 5.14 Å². The third-order valence-electron chi connectivity index (χ3n) is 5.89. The molecule has 1 saturated carbocycles. The molecule has 1 aliphatic carbocycles. The maximum Gasteiger partial charge on any atom is 0.254 e. The van der Waals surface area contributed by atoms with Crippen LogP contribution in [0, 0.1) is 5.41 Å². The van der Waals surface area contributed by atoms with Crippen molar-refractivity contribution in [2.24, 2.45) is 10.6 Å². The number of rotatable bonds is 4. The third-order valence-corrected chi connectivity index (χ3v) is 6.63. The quantitative estimate of drug-likeness (QED) is 0.879. The van der Waals surface area contributed by atoms with Gasteiger partial charge >= 0.3 is 0 Å². The number of carbonyl (C=O) groups is 1. The number of sulfonamides is 1. The molecular weight excluding hydrogens is 360 g/mol. The first kappa shape index (κ1) is 18.2. The number of amides is 1. The molecule has 1 saturated heterocycles. The smallest absolute Gasteiger partial charge is 0.254 e. The summed E-state index contributed by atoms with van der Waals surface area (Å²) in [6.07, 6.45) is 4.74. The second-order valence-electron chi connectivity index (χ2n) is 7.82. The zero-order valence-corrected chi connectivity index (χ0v) is 16.0. The zero-order chi connectivity index (χ0) is 19.1. The Balaban J connectivity index is 1.63. The van der Waals surface area contributed by atoms with Gasteiger partial charge in [-0.3, -0.25) is 4.79 Å². The molecule has 142 valence electrons. The van der Waals surface area contributed by atoms with E-state index in [9.17, 15) is 13.2 Å². The molecule has 4 rings (SSSR count). The number of likely N-dealkylation sites (tertiary alicyclic amines) is 1. The van der Waals surface area contributed by atoms with E-state index in [-0.39, 0.29) is 23.1 Å². The van der Waals surface area contributed by atoms with Gasteiger partial charge in [-0.25, -0.2) is 13.6 Å². The Bertz CT molecular complexity index is 950. The van der Waals surface area contributed by atoms with Crippen molar-refractivity contribution in [2.45, 2.75) is 37.5 Å². The molecule has 0 bridgehead atoms. The summed E-state index contributed by atoms with van der Waals surface area (Å²) >= 11 is 0. The van der Waals surface area contributed by atoms with E-state index in [2.05, 4.69) is 12.1 Å². The number of nitrogens with zero attached hydrogens (tertiary/aromatic N) is 1. The molecule has 1 aliphatic heterocycles. The molecule has 6 heteroatoms. The van der Waals surface area contributed by atoms with Crippen LogP contribution in [-0.2, 0) is 15.8 Å². The molecule has 2 fully saturated rings. The fraction of sp³-hybridized carbons (Fsp3) is 0.381. The summed E-state index contributed by atoms with van der Waals surface area (Å²) in [7, 11) is -3.63. The van der Waals surface area contributed by atoms with E-state index in [4.69, 9.17) is 5.14 Å². The van der Waals surface area contributed by atoms with Gasteiger partial charge in [-0.05, 0) is 36.1 Å². The number of benzene rings is 2. The van der Waals surface area contributed by atoms with Crippen molar-refractivity contribution >= 4 is 15.9 Å². The fourth-order valence-corrected chi connectivity index (χ4v) is 5.44. The lowest BCUT2D eigenvalue weighted by atomic mass is 9.67. The summed E-state index contributed by atoms with van der Waals surface area (Å²) in [6.45, 7) is 0.769. The molecule has 27 heavy (non-hydrogen) atoms. The van der Waals surface area contributed by atoms with Crippen LogP contribution in [0.1, 0.15) is 53.2 Å². The Morgan fingerprint density at radius 1 is 1.07 bits per heavy atom. The highest BCUT2D eigenvalue weighted by atomic mass is 32.2. The largest absolute Gasteiger partial charge is 0.330 e. The summed E-state index contributed by atoms with van der Waals surface area (Å²) in [5.74, 6) is -0.308. The average Bonchev–Trinajstić information content (AvgIpc) is 3.10. The van der Waals surface area contributed by atoms with Gasteiger partial charge in [-0.1, -0.05) is 55.3 Å². The monoisotopic (exact) mass is 384 g/mol. The van der Waals surface area contributed by atoms with Crippen molar-refractivity contribution in [3.05, 3.63) is 71.3 Å². The Morgan fingerprint density at radius 2 is 1.78 bits per heavy atom. The van der Waals surface area contributed by atoms with Crippen molar-refractivity contribution in [2.75, 3.05) is 6.54 Å². The van der Waals surface area contributed by atoms with E-state index in [1.165, 1.54) is 18.4 Å². The minimum absolute atomic E-state index is 0.0438. The van der Waals surface area contributed by atoms with Gasteiger partial charge in [0.15, 0.2) is 0 Å². The summed E-state index contributed by atoms with van der Waals surface area (Å²) < 4.78 is 22.7. The van der Waals surface area contributed by atoms with Crippen LogP contribution in [0.25, 0.3) is 0 Å². The molecule has 2 N–H and O–H groups in total. The highest BCUT2D eigenvalue weighted by molar-refractivity contribution is 7.88. The van der Waals surface area contributed by atoms with E-state index in [1.54, 1.807) is 24.3 Å². The molecule has 2 aromatic carbocycles. The lowest BCUT2D eigenvalue weighted by molar-refractivity contribution is -0.0511. The minimum atomic E-state index is -3.63. The molecule has 1 heterocycles. The predicted molar refractivity (Wildman–Crippen MR) is 104 cm³/mol. The SMILES string of the molecule is NS(=O)(=O)Cc1cccc(C(=O)N2CC3(CCCC3)C2c2ccccc2)c1. The second kappa shape index (κ2) is 6.77. The lowest BCUT2D eigenvalue weighted by Crippen LogP contribution is -2.59. The minimum Gasteiger partial charge on any atom is -0.330 e. The van der Waals surface area contributed by atoms with Gasteiger partial charge in [-0.15, -0.1) is 0 Å². The van der Waals surface area contributed by atoms with E-state index in [0.29, 0.717) is 11.1 Å². The number of primary sulfonamides is 1. The first-order valence-electron chi connectivity index (χ1n) is 9.33. The van der Waals surface area contributed by atoms with E-state index < -0.39 is 10.0 Å². The predicted octanol–water partition coefficient (Wildman–Crippen LogP) is 3.23. The molecule has 0 aromatic heterocycles. The first-order chi connectivity index (χ1) is 12.9. The van der Waals surface area contributed by atoms with E-state index in [1.807, 2.05) is 23.1 Å². The van der Waals surface area contributed by atoms with Crippen LogP contribution in [0.5, 0.6) is 0 Å². The van der Waals surface area contributed by atoms with Gasteiger partial charge in [0, 0.05) is 17.5 Å². The average molecular weight is 385 g/mol. The van der Waals surface area contributed by atoms with Crippen LogP contribution in [0.15, 0.2) is 54.6 Å². The molecular formula is C21H24N2O3S. The molecule has 1 amide bonds. The Morgan fingerprint density at radius 3 is 2.44 bits per heavy atom. The van der Waals surface area contributed by atoms with Gasteiger partial charge in [-0.2, -0.15) is 0 Å². The maximum atomic E-state index is 13.2. The molecule has 1 spiro atoms. The van der Waals surface area contributed by atoms with Crippen molar-refractivity contribution in [1.29, 1.82) is 0 Å². The van der Waals surface area contributed by atoms with Gasteiger partial charge in [0.2, 0.25) is 10.0 Å². The number of nitrogens with two attached hydrogens (primary N) is 1. The van der Waals surface area contributed by atoms with Gasteiger partial charge in [0.05, 0.1) is 11.8 Å². The van der Waals surface area contributed by atoms with Gasteiger partial charge in [0.25, 0.3) is 5.91 Å². The summed E-state index contributed by atoms with van der Waals surface area (Å²) in [5.41, 5.74) is 2.43. The fourth-order valence-electron chi connectivity index (χ4n) is 4.80. The Labute approximate surface area is 160 Å². The first-order valence-corrected chi connectivity index (χ1v) is 11.0. The Hall–Kier alpha value is -2.18. The number of hydrogen-bond donors (Lipinski definition) is 1. The van der Waals surface area contributed by atoms with E-state index in [0.717, 1.165) is 19.4 Å². The van der Waals surface area contributed by atoms with Crippen LogP contribution >= 0.6 is 0 Å². The molecule has 1 unspecified atom stereocenters.